The lowest BCUT2D eigenvalue weighted by atomic mass is 10.3. The summed E-state index contributed by atoms with van der Waals surface area (Å²) in [6, 6.07) is 1.79. The summed E-state index contributed by atoms with van der Waals surface area (Å²) in [5.74, 6) is 1.65. The highest BCUT2D eigenvalue weighted by molar-refractivity contribution is 7.99. The fourth-order valence-corrected chi connectivity index (χ4v) is 2.05. The fourth-order valence-electron chi connectivity index (χ4n) is 1.14. The third-order valence-electron chi connectivity index (χ3n) is 1.83. The van der Waals surface area contributed by atoms with Gasteiger partial charge in [-0.2, -0.15) is 0 Å². The molecule has 78 valence electrons. The first-order valence-corrected chi connectivity index (χ1v) is 5.95. The average Bonchev–Trinajstić information content (AvgIpc) is 2.11. The topological polar surface area (TPSA) is 51.8 Å². The van der Waals surface area contributed by atoms with E-state index in [2.05, 4.69) is 16.9 Å². The van der Waals surface area contributed by atoms with Crippen molar-refractivity contribution in [1.29, 1.82) is 0 Å². The number of unbranched alkanes of at least 4 members (excludes halogenated alkanes) is 2. The molecular weight excluding hydrogens is 194 g/mol. The van der Waals surface area contributed by atoms with Crippen LogP contribution in [0, 0.1) is 6.92 Å². The van der Waals surface area contributed by atoms with Crippen molar-refractivity contribution in [1.82, 2.24) is 9.97 Å². The molecule has 0 amide bonds. The third-order valence-corrected chi connectivity index (χ3v) is 2.77. The second-order valence-electron chi connectivity index (χ2n) is 3.27. The molecule has 2 N–H and O–H groups in total. The average molecular weight is 211 g/mol. The molecule has 1 rings (SSSR count). The zero-order chi connectivity index (χ0) is 10.4. The van der Waals surface area contributed by atoms with Crippen LogP contribution >= 0.6 is 11.8 Å². The molecular formula is C10H17N3S. The first kappa shape index (κ1) is 11.3. The molecule has 0 atom stereocenters. The van der Waals surface area contributed by atoms with Crippen molar-refractivity contribution in [2.24, 2.45) is 0 Å². The Balaban J connectivity index is 2.42. The highest BCUT2D eigenvalue weighted by atomic mass is 32.2. The Hall–Kier alpha value is -0.770. The maximum Gasteiger partial charge on any atom is 0.189 e. The third kappa shape index (κ3) is 3.96. The molecule has 0 aliphatic carbocycles. The lowest BCUT2D eigenvalue weighted by molar-refractivity contribution is 0.777. The zero-order valence-electron chi connectivity index (χ0n) is 8.79. The van der Waals surface area contributed by atoms with Gasteiger partial charge in [0, 0.05) is 17.5 Å². The summed E-state index contributed by atoms with van der Waals surface area (Å²) < 4.78 is 0. The predicted molar refractivity (Wildman–Crippen MR) is 61.4 cm³/mol. The molecule has 1 aromatic heterocycles. The van der Waals surface area contributed by atoms with Gasteiger partial charge in [-0.1, -0.05) is 31.5 Å². The SMILES string of the molecule is CCCCCSc1nc(C)cc(N)n1. The van der Waals surface area contributed by atoms with Crippen molar-refractivity contribution < 1.29 is 0 Å². The van der Waals surface area contributed by atoms with E-state index in [1.165, 1.54) is 19.3 Å². The van der Waals surface area contributed by atoms with Crippen LogP contribution in [0.4, 0.5) is 5.82 Å². The maximum absolute atomic E-state index is 5.63. The van der Waals surface area contributed by atoms with E-state index in [0.717, 1.165) is 16.6 Å². The highest BCUT2D eigenvalue weighted by Crippen LogP contribution is 2.16. The molecule has 0 unspecified atom stereocenters. The van der Waals surface area contributed by atoms with Gasteiger partial charge in [-0.05, 0) is 13.3 Å². The second-order valence-corrected chi connectivity index (χ2v) is 4.33. The van der Waals surface area contributed by atoms with E-state index in [0.29, 0.717) is 5.82 Å². The first-order valence-electron chi connectivity index (χ1n) is 4.96. The van der Waals surface area contributed by atoms with E-state index < -0.39 is 0 Å². The van der Waals surface area contributed by atoms with Crippen LogP contribution in [0.15, 0.2) is 11.2 Å². The van der Waals surface area contributed by atoms with Gasteiger partial charge in [0.2, 0.25) is 0 Å². The Labute approximate surface area is 89.5 Å². The number of aryl methyl sites for hydroxylation is 1. The molecule has 0 saturated heterocycles. The van der Waals surface area contributed by atoms with Crippen molar-refractivity contribution in [3.63, 3.8) is 0 Å². The quantitative estimate of drug-likeness (QED) is 0.462. The van der Waals surface area contributed by atoms with E-state index in [4.69, 9.17) is 5.73 Å². The van der Waals surface area contributed by atoms with Crippen molar-refractivity contribution in [3.05, 3.63) is 11.8 Å². The summed E-state index contributed by atoms with van der Waals surface area (Å²) in [5, 5.41) is 0.804. The molecule has 0 spiro atoms. The normalized spacial score (nSPS) is 10.4. The number of aromatic nitrogens is 2. The number of nitrogens with zero attached hydrogens (tertiary/aromatic N) is 2. The van der Waals surface area contributed by atoms with Crippen molar-refractivity contribution >= 4 is 17.6 Å². The minimum Gasteiger partial charge on any atom is -0.384 e. The molecule has 0 radical (unpaired) electrons. The van der Waals surface area contributed by atoms with Crippen LogP contribution < -0.4 is 5.73 Å². The number of nitrogens with two attached hydrogens (primary N) is 1. The summed E-state index contributed by atoms with van der Waals surface area (Å²) in [6.07, 6.45) is 3.74. The van der Waals surface area contributed by atoms with Gasteiger partial charge < -0.3 is 5.73 Å². The number of rotatable bonds is 5. The number of anilines is 1. The fraction of sp³-hybridized carbons (Fsp3) is 0.600. The molecule has 0 saturated carbocycles. The van der Waals surface area contributed by atoms with Crippen LogP contribution in [0.25, 0.3) is 0 Å². The Morgan fingerprint density at radius 3 is 2.79 bits per heavy atom. The molecule has 0 aliphatic heterocycles. The van der Waals surface area contributed by atoms with Crippen LogP contribution in [-0.4, -0.2) is 15.7 Å². The molecule has 0 aliphatic rings. The number of hydrogen-bond donors (Lipinski definition) is 1. The summed E-state index contributed by atoms with van der Waals surface area (Å²) in [5.41, 5.74) is 6.57. The lowest BCUT2D eigenvalue weighted by Crippen LogP contribution is -1.96. The lowest BCUT2D eigenvalue weighted by Gasteiger charge is -2.01. The van der Waals surface area contributed by atoms with Gasteiger partial charge in [-0.25, -0.2) is 9.97 Å². The summed E-state index contributed by atoms with van der Waals surface area (Å²) in [7, 11) is 0. The van der Waals surface area contributed by atoms with Gasteiger partial charge in [-0.15, -0.1) is 0 Å². The first-order chi connectivity index (χ1) is 6.72. The maximum atomic E-state index is 5.63. The van der Waals surface area contributed by atoms with Crippen LogP contribution in [-0.2, 0) is 0 Å². The largest absolute Gasteiger partial charge is 0.384 e. The van der Waals surface area contributed by atoms with Crippen LogP contribution in [0.5, 0.6) is 0 Å². The second kappa shape index (κ2) is 5.86. The van der Waals surface area contributed by atoms with Gasteiger partial charge in [0.05, 0.1) is 0 Å². The van der Waals surface area contributed by atoms with E-state index in [1.54, 1.807) is 17.8 Å². The minimum atomic E-state index is 0.565. The van der Waals surface area contributed by atoms with E-state index >= 15 is 0 Å². The van der Waals surface area contributed by atoms with E-state index in [1.807, 2.05) is 6.92 Å². The van der Waals surface area contributed by atoms with Crippen LogP contribution in [0.1, 0.15) is 31.9 Å². The molecule has 1 aromatic rings. The molecule has 4 heteroatoms. The van der Waals surface area contributed by atoms with Crippen molar-refractivity contribution in [3.8, 4) is 0 Å². The summed E-state index contributed by atoms with van der Waals surface area (Å²) in [4.78, 5) is 8.46. The molecule has 0 fully saturated rings. The molecule has 0 aromatic carbocycles. The smallest absolute Gasteiger partial charge is 0.189 e. The van der Waals surface area contributed by atoms with Crippen molar-refractivity contribution in [2.75, 3.05) is 11.5 Å². The van der Waals surface area contributed by atoms with Gasteiger partial charge in [-0.3, -0.25) is 0 Å². The van der Waals surface area contributed by atoms with Gasteiger partial charge >= 0.3 is 0 Å². The molecule has 1 heterocycles. The van der Waals surface area contributed by atoms with E-state index in [-0.39, 0.29) is 0 Å². The molecule has 3 nitrogen and oxygen atoms in total. The van der Waals surface area contributed by atoms with Gasteiger partial charge in [0.1, 0.15) is 5.82 Å². The predicted octanol–water partition coefficient (Wildman–Crippen LogP) is 2.65. The minimum absolute atomic E-state index is 0.565. The Morgan fingerprint density at radius 2 is 2.14 bits per heavy atom. The number of hydrogen-bond acceptors (Lipinski definition) is 4. The number of thioether (sulfide) groups is 1. The Kier molecular flexibility index (Phi) is 4.73. The standard InChI is InChI=1S/C10H17N3S/c1-3-4-5-6-14-10-12-8(2)7-9(11)13-10/h7H,3-6H2,1-2H3,(H2,11,12,13). The Bertz CT molecular complexity index is 268. The van der Waals surface area contributed by atoms with E-state index in [9.17, 15) is 0 Å². The Morgan fingerprint density at radius 1 is 1.36 bits per heavy atom. The molecule has 0 bridgehead atoms. The van der Waals surface area contributed by atoms with Crippen molar-refractivity contribution in [2.45, 2.75) is 38.3 Å². The van der Waals surface area contributed by atoms with Crippen LogP contribution in [0.3, 0.4) is 0 Å². The monoisotopic (exact) mass is 211 g/mol. The highest BCUT2D eigenvalue weighted by Gasteiger charge is 1.99. The van der Waals surface area contributed by atoms with Crippen LogP contribution in [0.2, 0.25) is 0 Å². The van der Waals surface area contributed by atoms with Gasteiger partial charge in [0.25, 0.3) is 0 Å². The zero-order valence-corrected chi connectivity index (χ0v) is 9.60. The van der Waals surface area contributed by atoms with Gasteiger partial charge in [0.15, 0.2) is 5.16 Å². The summed E-state index contributed by atoms with van der Waals surface area (Å²) >= 11 is 1.69. The number of nitrogen functional groups attached to an aromatic ring is 1. The summed E-state index contributed by atoms with van der Waals surface area (Å²) in [6.45, 7) is 4.14. The molecule has 14 heavy (non-hydrogen) atoms.